The Hall–Kier alpha value is -3.74. The average molecular weight is 1030 g/mol. The topological polar surface area (TPSA) is 346 Å². The van der Waals surface area contributed by atoms with Crippen molar-refractivity contribution in [3.63, 3.8) is 0 Å². The molecule has 0 unspecified atom stereocenters. The largest absolute Gasteiger partial charge is 1.00 e. The summed E-state index contributed by atoms with van der Waals surface area (Å²) in [4.78, 5) is 46.8. The second kappa shape index (κ2) is 19.3. The van der Waals surface area contributed by atoms with E-state index in [0.717, 1.165) is 36.4 Å². The van der Waals surface area contributed by atoms with Crippen molar-refractivity contribution in [1.82, 2.24) is 39.9 Å². The second-order valence-corrected chi connectivity index (χ2v) is 17.7. The molecule has 0 saturated heterocycles. The van der Waals surface area contributed by atoms with Crippen molar-refractivity contribution in [1.29, 1.82) is 0 Å². The van der Waals surface area contributed by atoms with Crippen molar-refractivity contribution in [3.05, 3.63) is 103 Å². The van der Waals surface area contributed by atoms with Gasteiger partial charge in [0.15, 0.2) is 0 Å². The Labute approximate surface area is 451 Å². The van der Waals surface area contributed by atoms with E-state index in [1.165, 1.54) is 30.3 Å². The quantitative estimate of drug-likeness (QED) is 0.124. The van der Waals surface area contributed by atoms with Crippen molar-refractivity contribution in [3.8, 4) is 56.7 Å². The van der Waals surface area contributed by atoms with E-state index in [0.29, 0.717) is 22.3 Å². The van der Waals surface area contributed by atoms with Gasteiger partial charge in [0.05, 0.1) is 43.5 Å². The maximum absolute atomic E-state index is 12.2. The van der Waals surface area contributed by atoms with Gasteiger partial charge in [-0.1, -0.05) is 42.5 Å². The fourth-order valence-corrected chi connectivity index (χ4v) is 8.54. The molecule has 0 atom stereocenters. The van der Waals surface area contributed by atoms with E-state index in [9.17, 15) is 48.8 Å². The molecular weight excluding hydrogens is 1010 g/mol. The first-order valence-electron chi connectivity index (χ1n) is 17.4. The van der Waals surface area contributed by atoms with Crippen LogP contribution in [0.15, 0.2) is 112 Å². The molecule has 0 fully saturated rings. The molecule has 3 radical (unpaired) electrons. The van der Waals surface area contributed by atoms with E-state index in [1.807, 2.05) is 0 Å². The molecule has 66 heavy (non-hydrogen) atoms. The Morgan fingerprint density at radius 2 is 0.788 bits per heavy atom. The molecule has 0 saturated carbocycles. The molecule has 5 heterocycles. The van der Waals surface area contributed by atoms with E-state index < -0.39 is 51.0 Å². The molecule has 2 aliphatic heterocycles. The standard InChI is InChI=1S/C39H21N8O11S3.Ga.3Na.H2O/c48-39(49)18-3-1-17(2-4-18)19-5-9-23-27(13-19)35-40-31(23)42-36-29-15-21(60(53,54)55)7-11-25(29)33(44-36)46-38-30-16-22(61(56,57)58)8-12-26(30)34(47-38)45-37-28-14-20(59(50,51)52)6-10-24(28)32(41-35)43-37;;;;;/h1-16H,(H5-,40,41,42,43,44,45,46,47,48,49,50,51,52,53,54,55,56,57,58);;;;;1H2/q-1;;3*+1;/p-4. The Kier molecular flexibility index (Phi) is 15.6. The second-order valence-electron chi connectivity index (χ2n) is 13.6. The van der Waals surface area contributed by atoms with Crippen LogP contribution in [0.2, 0.25) is 0 Å². The fraction of sp³-hybridized carbons (Fsp3) is 0. The zero-order chi connectivity index (χ0) is 42.7. The summed E-state index contributed by atoms with van der Waals surface area (Å²) in [7, 11) is -15.0. The van der Waals surface area contributed by atoms with E-state index in [4.69, 9.17) is 15.0 Å². The summed E-state index contributed by atoms with van der Waals surface area (Å²) in [5.74, 6) is -1.40. The Morgan fingerprint density at radius 3 is 1.21 bits per heavy atom. The zero-order valence-electron chi connectivity index (χ0n) is 34.1. The number of benzene rings is 5. The van der Waals surface area contributed by atoms with Crippen molar-refractivity contribution < 1.29 is 143 Å². The van der Waals surface area contributed by atoms with E-state index in [2.05, 4.69) is 24.9 Å². The van der Waals surface area contributed by atoms with E-state index in [1.54, 1.807) is 30.3 Å². The van der Waals surface area contributed by atoms with Crippen LogP contribution in [0.25, 0.3) is 101 Å². The van der Waals surface area contributed by atoms with Crippen LogP contribution < -0.4 is 98.6 Å². The van der Waals surface area contributed by atoms with Crippen molar-refractivity contribution in [2.24, 2.45) is 0 Å². The summed E-state index contributed by atoms with van der Waals surface area (Å²) in [6.07, 6.45) is 0. The van der Waals surface area contributed by atoms with Crippen LogP contribution in [-0.2, 0) is 30.4 Å². The summed E-state index contributed by atoms with van der Waals surface area (Å²) in [6.45, 7) is 0. The molecule has 27 heteroatoms. The first kappa shape index (κ1) is 53.2. The third-order valence-electron chi connectivity index (χ3n) is 9.95. The zero-order valence-corrected chi connectivity index (χ0v) is 45.0. The van der Waals surface area contributed by atoms with E-state index in [-0.39, 0.29) is 198 Å². The molecule has 0 amide bonds. The van der Waals surface area contributed by atoms with Gasteiger partial charge in [0.2, 0.25) is 0 Å². The van der Waals surface area contributed by atoms with Gasteiger partial charge in [-0.05, 0) is 87.3 Å². The first-order chi connectivity index (χ1) is 28.9. The van der Waals surface area contributed by atoms with Gasteiger partial charge in [-0.25, -0.2) is 40.0 Å². The first-order valence-corrected chi connectivity index (χ1v) is 21.6. The maximum atomic E-state index is 12.2. The molecule has 8 aromatic rings. The SMILES string of the molecule is O.O=C(O)c1ccc(-c2ccc3c(c2)-c2nc-3nc3[n-]c(nc4nc(nc5[n-]c(n2)c2ccc(S(=O)(=O)[O-])cc52)-c2ccc(S(=O)(=O)[O-])cc2-4)c2ccc(S(=O)(=O)[O-])cc32)cc1.[Ga].[Na+].[Na+].[Na+]. The van der Waals surface area contributed by atoms with Crippen LogP contribution >= 0.6 is 0 Å². The van der Waals surface area contributed by atoms with Crippen LogP contribution in [0, 0.1) is 0 Å². The smallest absolute Gasteiger partial charge is 0.744 e. The van der Waals surface area contributed by atoms with Crippen LogP contribution in [0.5, 0.6) is 0 Å². The fourth-order valence-electron chi connectivity index (χ4n) is 7.05. The van der Waals surface area contributed by atoms with Crippen LogP contribution in [-0.4, -0.2) is 105 Å². The molecule has 3 N–H and O–H groups in total. The third-order valence-corrected chi connectivity index (χ3v) is 12.4. The van der Waals surface area contributed by atoms with Crippen LogP contribution in [0.4, 0.5) is 0 Å². The normalized spacial score (nSPS) is 11.7. The van der Waals surface area contributed by atoms with Gasteiger partial charge in [-0.15, -0.1) is 0 Å². The molecule has 3 aromatic heterocycles. The minimum Gasteiger partial charge on any atom is -0.744 e. The average Bonchev–Trinajstić information content (AvgIpc) is 3.94. The van der Waals surface area contributed by atoms with Gasteiger partial charge < -0.3 is 54.1 Å². The molecule has 0 spiro atoms. The number of hydrogen-bond acceptors (Lipinski definition) is 16. The summed E-state index contributed by atoms with van der Waals surface area (Å²) in [5, 5.41) is 9.96. The van der Waals surface area contributed by atoms with Crippen LogP contribution in [0.3, 0.4) is 0 Å². The Bertz CT molecular complexity index is 3820. The van der Waals surface area contributed by atoms with Gasteiger partial charge in [-0.3, -0.25) is 0 Å². The van der Waals surface area contributed by atoms with Gasteiger partial charge in [0.25, 0.3) is 0 Å². The van der Waals surface area contributed by atoms with Crippen molar-refractivity contribution in [2.75, 3.05) is 0 Å². The molecule has 2 aliphatic rings. The van der Waals surface area contributed by atoms with Crippen LogP contribution in [0.1, 0.15) is 10.4 Å². The number of nitrogens with zero attached hydrogens (tertiary/aromatic N) is 8. The molecule has 20 nitrogen and oxygen atoms in total. The van der Waals surface area contributed by atoms with Crippen molar-refractivity contribution in [2.45, 2.75) is 14.7 Å². The molecule has 313 valence electrons. The number of carboxylic acid groups (broad SMARTS) is 1. The molecule has 0 aliphatic carbocycles. The Morgan fingerprint density at radius 1 is 0.439 bits per heavy atom. The summed E-state index contributed by atoms with van der Waals surface area (Å²) >= 11 is 0. The number of aromatic carboxylic acids is 1. The minimum atomic E-state index is -5.00. The number of carbonyl (C=O) groups is 1. The third kappa shape index (κ3) is 9.63. The van der Waals surface area contributed by atoms with Gasteiger partial charge in [0.1, 0.15) is 30.4 Å². The molecule has 5 aromatic carbocycles. The summed E-state index contributed by atoms with van der Waals surface area (Å²) in [6, 6.07) is 21.4. The van der Waals surface area contributed by atoms with E-state index >= 15 is 0 Å². The monoisotopic (exact) mass is 1020 g/mol. The summed E-state index contributed by atoms with van der Waals surface area (Å²) < 4.78 is 109. The number of aromatic nitrogens is 8. The molecule has 8 bridgehead atoms. The predicted molar refractivity (Wildman–Crippen MR) is 220 cm³/mol. The number of hydrogen-bond donors (Lipinski definition) is 1. The van der Waals surface area contributed by atoms with Crippen molar-refractivity contribution >= 4 is 100 Å². The van der Waals surface area contributed by atoms with Gasteiger partial charge >= 0.3 is 94.6 Å². The summed E-state index contributed by atoms with van der Waals surface area (Å²) in [5.41, 5.74) is 1.84. The number of fused-ring (bicyclic) bond motifs is 20. The minimum absolute atomic E-state index is 0. The number of rotatable bonds is 5. The number of carboxylic acids is 1. The van der Waals surface area contributed by atoms with Gasteiger partial charge in [0, 0.05) is 64.6 Å². The molecule has 10 rings (SSSR count). The Balaban J connectivity index is 0.00000163. The maximum Gasteiger partial charge on any atom is 1.00 e. The van der Waals surface area contributed by atoms with Gasteiger partial charge in [-0.2, -0.15) is 0 Å². The molecular formula is C39H19GaN8Na3O12S3-2. The predicted octanol–water partition coefficient (Wildman–Crippen LogP) is -5.99.